The van der Waals surface area contributed by atoms with Crippen LogP contribution in [0.25, 0.3) is 0 Å². The van der Waals surface area contributed by atoms with Gasteiger partial charge >= 0.3 is 12.6 Å². The Labute approximate surface area is 157 Å². The number of rotatable bonds is 4. The molecule has 0 spiro atoms. The van der Waals surface area contributed by atoms with Crippen molar-refractivity contribution < 1.29 is 27.8 Å². The Hall–Kier alpha value is -1.60. The van der Waals surface area contributed by atoms with Crippen molar-refractivity contribution in [2.24, 2.45) is 17.6 Å². The predicted octanol–water partition coefficient (Wildman–Crippen LogP) is 3.84. The van der Waals surface area contributed by atoms with Crippen LogP contribution in [0.3, 0.4) is 0 Å². The van der Waals surface area contributed by atoms with E-state index >= 15 is 0 Å². The quantitative estimate of drug-likeness (QED) is 0.789. The second kappa shape index (κ2) is 8.86. The summed E-state index contributed by atoms with van der Waals surface area (Å²) in [4.78, 5) is 11.6. The van der Waals surface area contributed by atoms with Gasteiger partial charge in [-0.25, -0.2) is 0 Å². The van der Waals surface area contributed by atoms with Crippen LogP contribution in [0.15, 0.2) is 18.2 Å². The van der Waals surface area contributed by atoms with Gasteiger partial charge in [0.2, 0.25) is 0 Å². The van der Waals surface area contributed by atoms with Crippen LogP contribution in [0.2, 0.25) is 0 Å². The number of benzene rings is 1. The van der Waals surface area contributed by atoms with Crippen molar-refractivity contribution in [1.29, 1.82) is 0 Å². The first-order valence-electron chi connectivity index (χ1n) is 8.56. The van der Waals surface area contributed by atoms with E-state index in [0.717, 1.165) is 31.2 Å². The molecule has 1 fully saturated rings. The van der Waals surface area contributed by atoms with Crippen molar-refractivity contribution in [3.8, 4) is 11.5 Å². The summed E-state index contributed by atoms with van der Waals surface area (Å²) in [5, 5.41) is 0. The third kappa shape index (κ3) is 4.57. The molecular weight excluding hydrogens is 368 g/mol. The van der Waals surface area contributed by atoms with E-state index < -0.39 is 6.61 Å². The molecule has 1 aromatic carbocycles. The van der Waals surface area contributed by atoms with Crippen LogP contribution in [0, 0.1) is 11.8 Å². The van der Waals surface area contributed by atoms with E-state index in [2.05, 4.69) is 4.74 Å². The molecule has 1 aliphatic carbocycles. The third-order valence-electron chi connectivity index (χ3n) is 5.21. The highest BCUT2D eigenvalue weighted by molar-refractivity contribution is 5.85. The van der Waals surface area contributed by atoms with E-state index in [9.17, 15) is 13.6 Å². The van der Waals surface area contributed by atoms with E-state index in [1.165, 1.54) is 19.2 Å². The number of carbonyl (C=O) groups excluding carboxylic acids is 1. The van der Waals surface area contributed by atoms with Crippen molar-refractivity contribution in [2.75, 3.05) is 7.11 Å². The molecule has 1 aromatic rings. The van der Waals surface area contributed by atoms with Crippen molar-refractivity contribution in [1.82, 2.24) is 0 Å². The van der Waals surface area contributed by atoms with E-state index in [4.69, 9.17) is 15.2 Å². The molecule has 2 N–H and O–H groups in total. The van der Waals surface area contributed by atoms with Crippen LogP contribution in [0.1, 0.15) is 43.7 Å². The lowest BCUT2D eigenvalue weighted by atomic mass is 9.77. The van der Waals surface area contributed by atoms with Gasteiger partial charge < -0.3 is 19.9 Å². The zero-order chi connectivity index (χ0) is 18.0. The fourth-order valence-electron chi connectivity index (χ4n) is 3.87. The zero-order valence-electron chi connectivity index (χ0n) is 14.5. The number of ether oxygens (including phenoxy) is 3. The summed E-state index contributed by atoms with van der Waals surface area (Å²) in [5.74, 6) is 0.670. The largest absolute Gasteiger partial charge is 0.490 e. The number of nitrogens with two attached hydrogens (primary N) is 1. The lowest BCUT2D eigenvalue weighted by Crippen LogP contribution is -2.38. The minimum Gasteiger partial charge on any atom is -0.490 e. The number of carbonyl (C=O) groups is 1. The van der Waals surface area contributed by atoms with Gasteiger partial charge in [-0.1, -0.05) is 6.07 Å². The Kier molecular flexibility index (Phi) is 7.06. The number of alkyl halides is 2. The van der Waals surface area contributed by atoms with Crippen LogP contribution in [0.5, 0.6) is 11.5 Å². The fraction of sp³-hybridized carbons (Fsp3) is 0.611. The molecular formula is C18H24ClF2NO4. The van der Waals surface area contributed by atoms with Crippen molar-refractivity contribution in [2.45, 2.75) is 50.9 Å². The Morgan fingerprint density at radius 2 is 1.96 bits per heavy atom. The van der Waals surface area contributed by atoms with Gasteiger partial charge in [0.1, 0.15) is 17.6 Å². The van der Waals surface area contributed by atoms with Crippen molar-refractivity contribution in [3.05, 3.63) is 23.8 Å². The van der Waals surface area contributed by atoms with E-state index in [-0.39, 0.29) is 42.2 Å². The maximum Gasteiger partial charge on any atom is 0.387 e. The first-order chi connectivity index (χ1) is 12.0. The monoisotopic (exact) mass is 391 g/mol. The molecule has 1 saturated carbocycles. The number of esters is 1. The van der Waals surface area contributed by atoms with Crippen LogP contribution in [-0.2, 0) is 9.53 Å². The number of methoxy groups -OCH3 is 1. The lowest BCUT2D eigenvalue weighted by Gasteiger charge is -2.38. The normalized spacial score (nSPS) is 27.7. The molecule has 5 nitrogen and oxygen atoms in total. The summed E-state index contributed by atoms with van der Waals surface area (Å²) in [5.41, 5.74) is 7.06. The van der Waals surface area contributed by atoms with Gasteiger partial charge in [-0.2, -0.15) is 8.78 Å². The molecule has 0 saturated heterocycles. The Balaban J connectivity index is 0.00000243. The summed E-state index contributed by atoms with van der Waals surface area (Å²) in [6, 6.07) is 4.44. The summed E-state index contributed by atoms with van der Waals surface area (Å²) in [6.07, 6.45) is 3.86. The standard InChI is InChI=1S/C18H23F2NO4.ClH/c1-23-17(22)11-4-2-10(3-5-11)15-9-14(21)13-7-6-12(24-18(19)20)8-16(13)25-15;/h6-8,10-11,14-15,18H,2-5,9,21H2,1H3;1H/t10?,11?,14-,15-;/m1./s1. The van der Waals surface area contributed by atoms with Crippen molar-refractivity contribution in [3.63, 3.8) is 0 Å². The first kappa shape index (κ1) is 20.7. The molecule has 26 heavy (non-hydrogen) atoms. The molecule has 1 aliphatic heterocycles. The maximum atomic E-state index is 12.4. The van der Waals surface area contributed by atoms with Gasteiger partial charge in [0.15, 0.2) is 0 Å². The highest BCUT2D eigenvalue weighted by Crippen LogP contribution is 2.42. The maximum absolute atomic E-state index is 12.4. The summed E-state index contributed by atoms with van der Waals surface area (Å²) in [6.45, 7) is -2.88. The van der Waals surface area contributed by atoms with Crippen LogP contribution < -0.4 is 15.2 Å². The number of fused-ring (bicyclic) bond motifs is 1. The highest BCUT2D eigenvalue weighted by Gasteiger charge is 2.36. The summed E-state index contributed by atoms with van der Waals surface area (Å²) >= 11 is 0. The lowest BCUT2D eigenvalue weighted by molar-refractivity contribution is -0.147. The average molecular weight is 392 g/mol. The van der Waals surface area contributed by atoms with Crippen LogP contribution in [0.4, 0.5) is 8.78 Å². The van der Waals surface area contributed by atoms with Gasteiger partial charge in [-0.15, -0.1) is 12.4 Å². The van der Waals surface area contributed by atoms with Gasteiger partial charge in [0, 0.05) is 24.1 Å². The summed E-state index contributed by atoms with van der Waals surface area (Å²) in [7, 11) is 1.41. The van der Waals surface area contributed by atoms with Gasteiger partial charge in [0.05, 0.1) is 13.0 Å². The average Bonchev–Trinajstić information content (AvgIpc) is 2.60. The number of halogens is 3. The molecule has 3 rings (SSSR count). The van der Waals surface area contributed by atoms with E-state index in [1.54, 1.807) is 6.07 Å². The molecule has 2 aliphatic rings. The van der Waals surface area contributed by atoms with Crippen LogP contribution >= 0.6 is 12.4 Å². The predicted molar refractivity (Wildman–Crippen MR) is 93.7 cm³/mol. The fourth-order valence-corrected chi connectivity index (χ4v) is 3.87. The molecule has 0 aromatic heterocycles. The molecule has 0 radical (unpaired) electrons. The second-order valence-corrected chi connectivity index (χ2v) is 6.71. The Morgan fingerprint density at radius 1 is 1.27 bits per heavy atom. The van der Waals surface area contributed by atoms with Crippen LogP contribution in [-0.4, -0.2) is 25.8 Å². The molecule has 1 heterocycles. The minimum atomic E-state index is -2.88. The molecule has 0 amide bonds. The number of hydrogen-bond donors (Lipinski definition) is 1. The minimum absolute atomic E-state index is 0. The Morgan fingerprint density at radius 3 is 2.58 bits per heavy atom. The van der Waals surface area contributed by atoms with Crippen molar-refractivity contribution >= 4 is 18.4 Å². The van der Waals surface area contributed by atoms with E-state index in [0.29, 0.717) is 18.1 Å². The Bertz CT molecular complexity index is 623. The van der Waals surface area contributed by atoms with Gasteiger partial charge in [0.25, 0.3) is 0 Å². The van der Waals surface area contributed by atoms with Gasteiger partial charge in [-0.3, -0.25) is 4.79 Å². The first-order valence-corrected chi connectivity index (χ1v) is 8.56. The summed E-state index contributed by atoms with van der Waals surface area (Å²) < 4.78 is 40.1. The third-order valence-corrected chi connectivity index (χ3v) is 5.21. The van der Waals surface area contributed by atoms with E-state index in [1.807, 2.05) is 0 Å². The number of hydrogen-bond acceptors (Lipinski definition) is 5. The topological polar surface area (TPSA) is 70.8 Å². The zero-order valence-corrected chi connectivity index (χ0v) is 15.3. The molecule has 8 heteroatoms. The molecule has 2 atom stereocenters. The molecule has 0 bridgehead atoms. The molecule has 146 valence electrons. The SMILES string of the molecule is COC(=O)C1CCC([C@H]2C[C@@H](N)c3ccc(OC(F)F)cc3O2)CC1.Cl. The molecule has 0 unspecified atom stereocenters. The smallest absolute Gasteiger partial charge is 0.387 e. The second-order valence-electron chi connectivity index (χ2n) is 6.71. The highest BCUT2D eigenvalue weighted by atomic mass is 35.5. The van der Waals surface area contributed by atoms with Gasteiger partial charge in [-0.05, 0) is 37.7 Å².